The molecule has 2 N–H and O–H groups in total. The average Bonchev–Trinajstić information content (AvgIpc) is 2.88. The molecular weight excluding hydrogens is 302 g/mol. The van der Waals surface area contributed by atoms with E-state index in [2.05, 4.69) is 36.1 Å². The minimum Gasteiger partial charge on any atom is -0.346 e. The molecule has 126 valence electrons. The summed E-state index contributed by atoms with van der Waals surface area (Å²) in [6.07, 6.45) is 3.38. The monoisotopic (exact) mass is 325 g/mol. The van der Waals surface area contributed by atoms with Gasteiger partial charge in [0.05, 0.1) is 10.9 Å². The molecule has 0 aliphatic heterocycles. The summed E-state index contributed by atoms with van der Waals surface area (Å²) in [5.74, 6) is 0.465. The topological polar surface area (TPSA) is 74.8 Å². The Hall–Kier alpha value is -2.17. The fourth-order valence-electron chi connectivity index (χ4n) is 4.84. The van der Waals surface area contributed by atoms with E-state index in [0.29, 0.717) is 16.8 Å². The molecule has 4 rings (SSSR count). The number of aromatic nitrogens is 2. The number of benzene rings is 1. The highest BCUT2D eigenvalue weighted by molar-refractivity contribution is 5.92. The van der Waals surface area contributed by atoms with Crippen molar-refractivity contribution in [1.82, 2.24) is 15.3 Å². The second-order valence-corrected chi connectivity index (χ2v) is 8.07. The number of para-hydroxylation sites is 1. The molecule has 24 heavy (non-hydrogen) atoms. The van der Waals surface area contributed by atoms with Crippen LogP contribution in [-0.4, -0.2) is 21.9 Å². The van der Waals surface area contributed by atoms with Crippen molar-refractivity contribution in [3.63, 3.8) is 0 Å². The molecule has 0 radical (unpaired) electrons. The molecule has 1 heterocycles. The van der Waals surface area contributed by atoms with Crippen LogP contribution in [0.2, 0.25) is 0 Å². The highest BCUT2D eigenvalue weighted by atomic mass is 16.2. The predicted molar refractivity (Wildman–Crippen MR) is 92.8 cm³/mol. The Labute approximate surface area is 140 Å². The lowest BCUT2D eigenvalue weighted by Crippen LogP contribution is -2.47. The fraction of sp³-hybridized carbons (Fsp3) is 0.526. The van der Waals surface area contributed by atoms with Gasteiger partial charge in [0.25, 0.3) is 11.5 Å². The Bertz CT molecular complexity index is 886. The third-order valence-corrected chi connectivity index (χ3v) is 6.93. The van der Waals surface area contributed by atoms with Crippen LogP contribution in [0.25, 0.3) is 10.9 Å². The number of hydrogen-bond donors (Lipinski definition) is 2. The molecule has 1 aromatic carbocycles. The largest absolute Gasteiger partial charge is 0.346 e. The lowest BCUT2D eigenvalue weighted by Gasteiger charge is -2.39. The molecule has 3 atom stereocenters. The number of carbonyl (C=O) groups excluding carboxylic acids is 1. The summed E-state index contributed by atoms with van der Waals surface area (Å²) in [6, 6.07) is 7.20. The van der Waals surface area contributed by atoms with Crippen molar-refractivity contribution in [2.24, 2.45) is 16.7 Å². The smallest absolute Gasteiger partial charge is 0.287 e. The molecule has 0 unspecified atom stereocenters. The summed E-state index contributed by atoms with van der Waals surface area (Å²) < 4.78 is 0. The fourth-order valence-corrected chi connectivity index (χ4v) is 4.84. The van der Waals surface area contributed by atoms with E-state index in [1.165, 1.54) is 6.42 Å². The van der Waals surface area contributed by atoms with Crippen LogP contribution in [-0.2, 0) is 0 Å². The zero-order chi connectivity index (χ0) is 17.1. The number of rotatable bonds is 2. The standard InChI is InChI=1S/C19H23N3O2/c1-18(2)11-8-9-19(18,3)14(10-11)21-17(24)15-20-13-7-5-4-6-12(13)16(23)22-15/h4-7,11,14H,8-10H2,1-3H3,(H,21,24)(H,20,22,23)/t11-,14-,19-/m1/s1. The second kappa shape index (κ2) is 4.91. The summed E-state index contributed by atoms with van der Waals surface area (Å²) >= 11 is 0. The van der Waals surface area contributed by atoms with Gasteiger partial charge in [-0.3, -0.25) is 9.59 Å². The van der Waals surface area contributed by atoms with Crippen LogP contribution in [0, 0.1) is 16.7 Å². The van der Waals surface area contributed by atoms with Crippen molar-refractivity contribution < 1.29 is 4.79 Å². The van der Waals surface area contributed by atoms with Crippen molar-refractivity contribution in [2.45, 2.75) is 46.1 Å². The molecule has 5 heteroatoms. The molecule has 0 saturated heterocycles. The highest BCUT2D eigenvalue weighted by Crippen LogP contribution is 2.65. The van der Waals surface area contributed by atoms with E-state index in [1.807, 2.05) is 6.07 Å². The number of H-pyrrole nitrogens is 1. The second-order valence-electron chi connectivity index (χ2n) is 8.07. The predicted octanol–water partition coefficient (Wildman–Crippen LogP) is 2.87. The first kappa shape index (κ1) is 15.4. The summed E-state index contributed by atoms with van der Waals surface area (Å²) in [5, 5.41) is 3.64. The molecule has 2 fully saturated rings. The summed E-state index contributed by atoms with van der Waals surface area (Å²) in [5.41, 5.74) is 0.607. The molecule has 0 spiro atoms. The summed E-state index contributed by atoms with van der Waals surface area (Å²) in [7, 11) is 0. The van der Waals surface area contributed by atoms with Gasteiger partial charge >= 0.3 is 0 Å². The number of nitrogens with zero attached hydrogens (tertiary/aromatic N) is 1. The van der Waals surface area contributed by atoms with Crippen LogP contribution in [0.5, 0.6) is 0 Å². The molecule has 2 saturated carbocycles. The number of fused-ring (bicyclic) bond motifs is 3. The Kier molecular flexibility index (Phi) is 3.15. The average molecular weight is 325 g/mol. The lowest BCUT2D eigenvalue weighted by molar-refractivity contribution is 0.0816. The SMILES string of the molecule is CC1(C)[C@@H]2CC[C@]1(C)[C@H](NC(=O)c1nc3ccccc3c(=O)[nH]1)C2. The first-order valence-electron chi connectivity index (χ1n) is 8.63. The van der Waals surface area contributed by atoms with Gasteiger partial charge in [-0.15, -0.1) is 0 Å². The van der Waals surface area contributed by atoms with Gasteiger partial charge in [-0.2, -0.15) is 0 Å². The van der Waals surface area contributed by atoms with Gasteiger partial charge in [-0.25, -0.2) is 4.98 Å². The number of amides is 1. The minimum absolute atomic E-state index is 0.0999. The first-order chi connectivity index (χ1) is 11.3. The van der Waals surface area contributed by atoms with Crippen molar-refractivity contribution >= 4 is 16.8 Å². The molecule has 1 amide bonds. The van der Waals surface area contributed by atoms with Crippen LogP contribution in [0.15, 0.2) is 29.1 Å². The zero-order valence-electron chi connectivity index (χ0n) is 14.3. The van der Waals surface area contributed by atoms with Crippen molar-refractivity contribution in [2.75, 3.05) is 0 Å². The third-order valence-electron chi connectivity index (χ3n) is 6.93. The normalized spacial score (nSPS) is 30.6. The third kappa shape index (κ3) is 1.96. The van der Waals surface area contributed by atoms with Crippen LogP contribution in [0.1, 0.15) is 50.7 Å². The molecular formula is C19H23N3O2. The van der Waals surface area contributed by atoms with Crippen molar-refractivity contribution in [3.05, 3.63) is 40.4 Å². The van der Waals surface area contributed by atoms with Crippen LogP contribution in [0.4, 0.5) is 0 Å². The Morgan fingerprint density at radius 1 is 1.29 bits per heavy atom. The molecule has 2 aliphatic rings. The summed E-state index contributed by atoms with van der Waals surface area (Å²) in [6.45, 7) is 6.90. The van der Waals surface area contributed by atoms with Gasteiger partial charge < -0.3 is 10.3 Å². The van der Waals surface area contributed by atoms with E-state index < -0.39 is 0 Å². The molecule has 2 bridgehead atoms. The van der Waals surface area contributed by atoms with Gasteiger partial charge in [-0.1, -0.05) is 32.9 Å². The van der Waals surface area contributed by atoms with E-state index >= 15 is 0 Å². The maximum absolute atomic E-state index is 12.7. The Balaban J connectivity index is 1.63. The molecule has 1 aromatic heterocycles. The van der Waals surface area contributed by atoms with Gasteiger partial charge in [0, 0.05) is 6.04 Å². The van der Waals surface area contributed by atoms with E-state index in [4.69, 9.17) is 0 Å². The van der Waals surface area contributed by atoms with E-state index in [0.717, 1.165) is 12.8 Å². The number of hydrogen-bond acceptors (Lipinski definition) is 3. The summed E-state index contributed by atoms with van der Waals surface area (Å²) in [4.78, 5) is 31.8. The van der Waals surface area contributed by atoms with Gasteiger partial charge in [0.2, 0.25) is 0 Å². The maximum Gasteiger partial charge on any atom is 0.287 e. The molecule has 5 nitrogen and oxygen atoms in total. The Morgan fingerprint density at radius 3 is 2.71 bits per heavy atom. The van der Waals surface area contributed by atoms with Crippen molar-refractivity contribution in [1.29, 1.82) is 0 Å². The number of carbonyl (C=O) groups is 1. The molecule has 2 aliphatic carbocycles. The maximum atomic E-state index is 12.7. The minimum atomic E-state index is -0.285. The Morgan fingerprint density at radius 2 is 2.04 bits per heavy atom. The van der Waals surface area contributed by atoms with Gasteiger partial charge in [-0.05, 0) is 48.1 Å². The van der Waals surface area contributed by atoms with Crippen LogP contribution in [0.3, 0.4) is 0 Å². The van der Waals surface area contributed by atoms with Crippen LogP contribution < -0.4 is 10.9 Å². The molecule has 2 aromatic rings. The number of nitrogens with one attached hydrogen (secondary N) is 2. The van der Waals surface area contributed by atoms with Gasteiger partial charge in [0.15, 0.2) is 5.82 Å². The number of aromatic amines is 1. The first-order valence-corrected chi connectivity index (χ1v) is 8.63. The van der Waals surface area contributed by atoms with Crippen LogP contribution >= 0.6 is 0 Å². The lowest BCUT2D eigenvalue weighted by atomic mass is 9.69. The van der Waals surface area contributed by atoms with E-state index in [9.17, 15) is 9.59 Å². The highest BCUT2D eigenvalue weighted by Gasteiger charge is 2.61. The van der Waals surface area contributed by atoms with E-state index in [-0.39, 0.29) is 34.2 Å². The van der Waals surface area contributed by atoms with Crippen molar-refractivity contribution in [3.8, 4) is 0 Å². The quantitative estimate of drug-likeness (QED) is 0.891. The van der Waals surface area contributed by atoms with Gasteiger partial charge in [0.1, 0.15) is 0 Å². The zero-order valence-corrected chi connectivity index (χ0v) is 14.3. The van der Waals surface area contributed by atoms with E-state index in [1.54, 1.807) is 18.2 Å².